The van der Waals surface area contributed by atoms with Crippen molar-refractivity contribution in [2.24, 2.45) is 0 Å². The molecule has 0 saturated carbocycles. The fraction of sp³-hybridized carbons (Fsp3) is 0.294. The predicted octanol–water partition coefficient (Wildman–Crippen LogP) is 4.21. The van der Waals surface area contributed by atoms with Crippen molar-refractivity contribution in [2.45, 2.75) is 37.5 Å². The van der Waals surface area contributed by atoms with Crippen LogP contribution in [0, 0.1) is 13.8 Å². The molecule has 4 heteroatoms. The second-order valence-corrected chi connectivity index (χ2v) is 6.16. The zero-order valence-electron chi connectivity index (χ0n) is 12.6. The van der Waals surface area contributed by atoms with Crippen LogP contribution in [0.4, 0.5) is 5.69 Å². The highest BCUT2D eigenvalue weighted by atomic mass is 32.2. The van der Waals surface area contributed by atoms with E-state index < -0.39 is 0 Å². The van der Waals surface area contributed by atoms with Gasteiger partial charge in [0.2, 0.25) is 5.91 Å². The first kappa shape index (κ1) is 15.6. The van der Waals surface area contributed by atoms with Crippen molar-refractivity contribution in [1.29, 1.82) is 0 Å². The lowest BCUT2D eigenvalue weighted by atomic mass is 10.1. The van der Waals surface area contributed by atoms with Crippen molar-refractivity contribution < 1.29 is 4.79 Å². The third kappa shape index (κ3) is 4.08. The maximum atomic E-state index is 12.5. The average Bonchev–Trinajstić information content (AvgIpc) is 2.49. The first-order chi connectivity index (χ1) is 10.1. The van der Waals surface area contributed by atoms with Crippen LogP contribution in [0.3, 0.4) is 0 Å². The number of benzene rings is 1. The molecule has 1 amide bonds. The molecule has 21 heavy (non-hydrogen) atoms. The van der Waals surface area contributed by atoms with Crippen molar-refractivity contribution in [3.8, 4) is 0 Å². The normalized spacial score (nSPS) is 12.0. The van der Waals surface area contributed by atoms with E-state index in [0.717, 1.165) is 28.3 Å². The fourth-order valence-electron chi connectivity index (χ4n) is 2.10. The van der Waals surface area contributed by atoms with Gasteiger partial charge in [-0.1, -0.05) is 43.0 Å². The molecular weight excluding hydrogens is 280 g/mol. The maximum absolute atomic E-state index is 12.5. The molecule has 110 valence electrons. The molecule has 1 aromatic heterocycles. The molecule has 1 atom stereocenters. The van der Waals surface area contributed by atoms with E-state index in [2.05, 4.69) is 10.3 Å². The van der Waals surface area contributed by atoms with E-state index in [9.17, 15) is 4.79 Å². The molecule has 1 aromatic carbocycles. The second kappa shape index (κ2) is 7.27. The van der Waals surface area contributed by atoms with Crippen molar-refractivity contribution in [1.82, 2.24) is 4.98 Å². The van der Waals surface area contributed by atoms with Gasteiger partial charge in [0, 0.05) is 11.9 Å². The summed E-state index contributed by atoms with van der Waals surface area (Å²) >= 11 is 1.50. The van der Waals surface area contributed by atoms with Gasteiger partial charge in [0.25, 0.3) is 0 Å². The minimum absolute atomic E-state index is 0.0329. The lowest BCUT2D eigenvalue weighted by Crippen LogP contribution is -2.25. The van der Waals surface area contributed by atoms with Crippen LogP contribution in [0.25, 0.3) is 0 Å². The van der Waals surface area contributed by atoms with Gasteiger partial charge in [-0.25, -0.2) is 4.98 Å². The number of aromatic nitrogens is 1. The summed E-state index contributed by atoms with van der Waals surface area (Å²) in [5, 5.41) is 3.80. The van der Waals surface area contributed by atoms with Gasteiger partial charge in [-0.3, -0.25) is 4.79 Å². The third-order valence-electron chi connectivity index (χ3n) is 3.29. The van der Waals surface area contributed by atoms with Crippen molar-refractivity contribution in [2.75, 3.05) is 5.32 Å². The molecular formula is C17H20N2OS. The Kier molecular flexibility index (Phi) is 5.39. The zero-order valence-corrected chi connectivity index (χ0v) is 13.4. The largest absolute Gasteiger partial charge is 0.325 e. The summed E-state index contributed by atoms with van der Waals surface area (Å²) < 4.78 is 0. The van der Waals surface area contributed by atoms with Crippen LogP contribution in [0.5, 0.6) is 0 Å². The zero-order chi connectivity index (χ0) is 15.2. The summed E-state index contributed by atoms with van der Waals surface area (Å²) in [5.74, 6) is 0.0329. The van der Waals surface area contributed by atoms with Gasteiger partial charge in [-0.2, -0.15) is 0 Å². The number of para-hydroxylation sites is 1. The summed E-state index contributed by atoms with van der Waals surface area (Å²) in [6.45, 7) is 6.04. The molecule has 2 aromatic rings. The first-order valence-electron chi connectivity index (χ1n) is 7.06. The van der Waals surface area contributed by atoms with E-state index in [0.29, 0.717) is 0 Å². The highest BCUT2D eigenvalue weighted by Gasteiger charge is 2.19. The highest BCUT2D eigenvalue weighted by Crippen LogP contribution is 2.26. The van der Waals surface area contributed by atoms with Gasteiger partial charge in [0.05, 0.1) is 10.3 Å². The Morgan fingerprint density at radius 1 is 1.19 bits per heavy atom. The molecule has 0 fully saturated rings. The monoisotopic (exact) mass is 300 g/mol. The van der Waals surface area contributed by atoms with Gasteiger partial charge in [0.15, 0.2) is 0 Å². The molecule has 0 aliphatic heterocycles. The second-order valence-electron chi connectivity index (χ2n) is 4.94. The summed E-state index contributed by atoms with van der Waals surface area (Å²) in [6, 6.07) is 11.8. The van der Waals surface area contributed by atoms with Crippen LogP contribution in [-0.2, 0) is 4.79 Å². The van der Waals surface area contributed by atoms with E-state index in [1.807, 2.05) is 57.2 Å². The van der Waals surface area contributed by atoms with Crippen molar-refractivity contribution in [3.63, 3.8) is 0 Å². The Morgan fingerprint density at radius 3 is 2.48 bits per heavy atom. The Morgan fingerprint density at radius 2 is 1.90 bits per heavy atom. The number of anilines is 1. The number of hydrogen-bond donors (Lipinski definition) is 1. The SMILES string of the molecule is CCC(Sc1ccccn1)C(=O)Nc1c(C)cccc1C. The quantitative estimate of drug-likeness (QED) is 0.841. The smallest absolute Gasteiger partial charge is 0.237 e. The average molecular weight is 300 g/mol. The third-order valence-corrected chi connectivity index (χ3v) is 4.61. The van der Waals surface area contributed by atoms with Gasteiger partial charge < -0.3 is 5.32 Å². The van der Waals surface area contributed by atoms with Crippen LogP contribution < -0.4 is 5.32 Å². The molecule has 0 saturated heterocycles. The highest BCUT2D eigenvalue weighted by molar-refractivity contribution is 8.00. The standard InChI is InChI=1S/C17H20N2OS/c1-4-14(21-15-10-5-6-11-18-15)17(20)19-16-12(2)8-7-9-13(16)3/h5-11,14H,4H2,1-3H3,(H,19,20). The number of carbonyl (C=O) groups excluding carboxylic acids is 1. The Labute approximate surface area is 130 Å². The summed E-state index contributed by atoms with van der Waals surface area (Å²) in [7, 11) is 0. The number of pyridine rings is 1. The molecule has 2 rings (SSSR count). The molecule has 0 aliphatic rings. The summed E-state index contributed by atoms with van der Waals surface area (Å²) in [6.07, 6.45) is 2.51. The fourth-order valence-corrected chi connectivity index (χ4v) is 3.00. The predicted molar refractivity (Wildman–Crippen MR) is 88.7 cm³/mol. The summed E-state index contributed by atoms with van der Waals surface area (Å²) in [4.78, 5) is 16.8. The molecule has 0 aliphatic carbocycles. The minimum atomic E-state index is -0.140. The van der Waals surface area contributed by atoms with Gasteiger partial charge in [-0.15, -0.1) is 0 Å². The van der Waals surface area contributed by atoms with E-state index in [1.165, 1.54) is 11.8 Å². The summed E-state index contributed by atoms with van der Waals surface area (Å²) in [5.41, 5.74) is 3.09. The molecule has 1 heterocycles. The Hall–Kier alpha value is -1.81. The van der Waals surface area contributed by atoms with Crippen molar-refractivity contribution >= 4 is 23.4 Å². The number of rotatable bonds is 5. The number of thioether (sulfide) groups is 1. The maximum Gasteiger partial charge on any atom is 0.237 e. The molecule has 1 unspecified atom stereocenters. The number of hydrogen-bond acceptors (Lipinski definition) is 3. The van der Waals surface area contributed by atoms with Crippen LogP contribution in [0.1, 0.15) is 24.5 Å². The van der Waals surface area contributed by atoms with Gasteiger partial charge >= 0.3 is 0 Å². The Balaban J connectivity index is 2.10. The lowest BCUT2D eigenvalue weighted by Gasteiger charge is -2.17. The number of nitrogens with one attached hydrogen (secondary N) is 1. The number of amides is 1. The van der Waals surface area contributed by atoms with Gasteiger partial charge in [-0.05, 0) is 43.5 Å². The number of nitrogens with zero attached hydrogens (tertiary/aromatic N) is 1. The van der Waals surface area contributed by atoms with Crippen molar-refractivity contribution in [3.05, 3.63) is 53.7 Å². The van der Waals surface area contributed by atoms with Crippen LogP contribution in [0.2, 0.25) is 0 Å². The molecule has 0 bridgehead atoms. The van der Waals surface area contributed by atoms with Crippen LogP contribution in [-0.4, -0.2) is 16.1 Å². The van der Waals surface area contributed by atoms with Crippen LogP contribution in [0.15, 0.2) is 47.6 Å². The lowest BCUT2D eigenvalue weighted by molar-refractivity contribution is -0.115. The van der Waals surface area contributed by atoms with E-state index >= 15 is 0 Å². The van der Waals surface area contributed by atoms with Gasteiger partial charge in [0.1, 0.15) is 0 Å². The van der Waals surface area contributed by atoms with E-state index in [-0.39, 0.29) is 11.2 Å². The van der Waals surface area contributed by atoms with E-state index in [1.54, 1.807) is 6.20 Å². The number of aryl methyl sites for hydroxylation is 2. The first-order valence-corrected chi connectivity index (χ1v) is 7.94. The van der Waals surface area contributed by atoms with Crippen LogP contribution >= 0.6 is 11.8 Å². The molecule has 3 nitrogen and oxygen atoms in total. The topological polar surface area (TPSA) is 42.0 Å². The van der Waals surface area contributed by atoms with E-state index in [4.69, 9.17) is 0 Å². The molecule has 0 radical (unpaired) electrons. The minimum Gasteiger partial charge on any atom is -0.325 e. The number of carbonyl (C=O) groups is 1. The molecule has 1 N–H and O–H groups in total. The molecule has 0 spiro atoms. The Bertz CT molecular complexity index is 593.